The van der Waals surface area contributed by atoms with Gasteiger partial charge < -0.3 is 18.9 Å². The van der Waals surface area contributed by atoms with E-state index in [0.29, 0.717) is 26.4 Å². The van der Waals surface area contributed by atoms with E-state index in [1.807, 2.05) is 0 Å². The minimum absolute atomic E-state index is 0.542. The van der Waals surface area contributed by atoms with Crippen LogP contribution in [0.5, 0.6) is 0 Å². The van der Waals surface area contributed by atoms with Gasteiger partial charge in [0, 0.05) is 14.2 Å². The number of hydrogen-bond acceptors (Lipinski definition) is 4. The van der Waals surface area contributed by atoms with E-state index in [9.17, 15) is 0 Å². The smallest absolute Gasteiger partial charge is 0.117 e. The van der Waals surface area contributed by atoms with Gasteiger partial charge in [0.05, 0.1) is 13.2 Å². The molecule has 0 aliphatic rings. The summed E-state index contributed by atoms with van der Waals surface area (Å²) < 4.78 is 19.5. The van der Waals surface area contributed by atoms with Crippen LogP contribution in [0.1, 0.15) is 0 Å². The average molecular weight is 176 g/mol. The molecule has 0 fully saturated rings. The van der Waals surface area contributed by atoms with Gasteiger partial charge in [-0.1, -0.05) is 0 Å². The van der Waals surface area contributed by atoms with Crippen molar-refractivity contribution in [2.45, 2.75) is 0 Å². The molecule has 0 aliphatic carbocycles. The van der Waals surface area contributed by atoms with Crippen LogP contribution < -0.4 is 0 Å². The first-order valence-corrected chi connectivity index (χ1v) is 3.78. The fraction of sp³-hybridized carbons (Fsp3) is 0.750. The van der Waals surface area contributed by atoms with Crippen LogP contribution in [-0.2, 0) is 18.9 Å². The number of hydrogen-bond donors (Lipinski definition) is 0. The summed E-state index contributed by atoms with van der Waals surface area (Å²) in [6.07, 6.45) is 2.99. The number of rotatable bonds is 8. The molecular weight excluding hydrogens is 160 g/mol. The van der Waals surface area contributed by atoms with Crippen LogP contribution in [0.3, 0.4) is 0 Å². The molecule has 72 valence electrons. The summed E-state index contributed by atoms with van der Waals surface area (Å²) in [6.45, 7) is 2.26. The molecular formula is C8H16O4. The van der Waals surface area contributed by atoms with Gasteiger partial charge in [-0.15, -0.1) is 0 Å². The maximum atomic E-state index is 4.98. The lowest BCUT2D eigenvalue weighted by molar-refractivity contribution is 0.105. The molecule has 0 saturated carbocycles. The van der Waals surface area contributed by atoms with Crippen LogP contribution in [0.2, 0.25) is 0 Å². The van der Waals surface area contributed by atoms with Gasteiger partial charge in [0.2, 0.25) is 0 Å². The Morgan fingerprint density at radius 2 is 1.17 bits per heavy atom. The molecule has 0 aromatic heterocycles. The molecule has 0 rings (SSSR count). The molecule has 0 aliphatic heterocycles. The lowest BCUT2D eigenvalue weighted by Crippen LogP contribution is -1.98. The summed E-state index contributed by atoms with van der Waals surface area (Å²) in [5, 5.41) is 0. The Kier molecular flexibility index (Phi) is 9.63. The lowest BCUT2D eigenvalue weighted by atomic mass is 10.8. The predicted molar refractivity (Wildman–Crippen MR) is 44.8 cm³/mol. The molecule has 0 saturated heterocycles. The monoisotopic (exact) mass is 176 g/mol. The van der Waals surface area contributed by atoms with Gasteiger partial charge in [0.15, 0.2) is 0 Å². The fourth-order valence-corrected chi connectivity index (χ4v) is 0.478. The van der Waals surface area contributed by atoms with E-state index in [1.54, 1.807) is 14.2 Å². The molecule has 0 atom stereocenters. The third-order valence-corrected chi connectivity index (χ3v) is 1.06. The van der Waals surface area contributed by atoms with Gasteiger partial charge in [0.25, 0.3) is 0 Å². The molecule has 0 aromatic rings. The van der Waals surface area contributed by atoms with Gasteiger partial charge in [-0.05, 0) is 0 Å². The Balaban J connectivity index is 2.93. The Morgan fingerprint density at radius 1 is 0.750 bits per heavy atom. The Morgan fingerprint density at radius 3 is 1.50 bits per heavy atom. The molecule has 0 bridgehead atoms. The van der Waals surface area contributed by atoms with Gasteiger partial charge in [-0.25, -0.2) is 0 Å². The highest BCUT2D eigenvalue weighted by molar-refractivity contribution is 4.60. The largest absolute Gasteiger partial charge is 0.496 e. The summed E-state index contributed by atoms with van der Waals surface area (Å²) in [5.74, 6) is 0. The first-order valence-electron chi connectivity index (χ1n) is 3.78. The molecule has 0 N–H and O–H groups in total. The summed E-state index contributed by atoms with van der Waals surface area (Å²) in [7, 11) is 3.25. The van der Waals surface area contributed by atoms with Crippen molar-refractivity contribution < 1.29 is 18.9 Å². The maximum absolute atomic E-state index is 4.98. The average Bonchev–Trinajstić information content (AvgIpc) is 2.10. The number of methoxy groups -OCH3 is 2. The summed E-state index contributed by atoms with van der Waals surface area (Å²) in [4.78, 5) is 0. The Labute approximate surface area is 73.1 Å². The maximum Gasteiger partial charge on any atom is 0.117 e. The summed E-state index contributed by atoms with van der Waals surface area (Å²) >= 11 is 0. The van der Waals surface area contributed by atoms with Crippen molar-refractivity contribution in [2.24, 2.45) is 0 Å². The normalized spacial score (nSPS) is 10.5. The molecule has 0 radical (unpaired) electrons. The van der Waals surface area contributed by atoms with Crippen molar-refractivity contribution in [1.82, 2.24) is 0 Å². The predicted octanol–water partition coefficient (Wildman–Crippen LogP) is 0.784. The highest BCUT2D eigenvalue weighted by Crippen LogP contribution is 1.81. The molecule has 4 heteroatoms. The molecule has 4 nitrogen and oxygen atoms in total. The first kappa shape index (κ1) is 11.3. The van der Waals surface area contributed by atoms with Crippen molar-refractivity contribution >= 4 is 0 Å². The van der Waals surface area contributed by atoms with Gasteiger partial charge in [-0.2, -0.15) is 0 Å². The minimum Gasteiger partial charge on any atom is -0.496 e. The van der Waals surface area contributed by atoms with Crippen molar-refractivity contribution in [3.05, 3.63) is 12.5 Å². The lowest BCUT2D eigenvalue weighted by Gasteiger charge is -2.00. The Bertz CT molecular complexity index is 91.2. The van der Waals surface area contributed by atoms with E-state index in [4.69, 9.17) is 18.9 Å². The highest BCUT2D eigenvalue weighted by Gasteiger charge is 1.81. The minimum atomic E-state index is 0.542. The second kappa shape index (κ2) is 10.3. The van der Waals surface area contributed by atoms with Crippen LogP contribution in [0, 0.1) is 0 Å². The Hall–Kier alpha value is -0.740. The van der Waals surface area contributed by atoms with Gasteiger partial charge >= 0.3 is 0 Å². The first-order chi connectivity index (χ1) is 5.91. The molecule has 0 aromatic carbocycles. The third-order valence-electron chi connectivity index (χ3n) is 1.06. The zero-order chi connectivity index (χ0) is 9.07. The molecule has 0 spiro atoms. The van der Waals surface area contributed by atoms with E-state index < -0.39 is 0 Å². The highest BCUT2D eigenvalue weighted by atomic mass is 16.5. The van der Waals surface area contributed by atoms with E-state index in [-0.39, 0.29) is 0 Å². The van der Waals surface area contributed by atoms with Crippen molar-refractivity contribution in [3.63, 3.8) is 0 Å². The van der Waals surface area contributed by atoms with E-state index in [2.05, 4.69) is 0 Å². The van der Waals surface area contributed by atoms with Crippen LogP contribution in [-0.4, -0.2) is 40.6 Å². The van der Waals surface area contributed by atoms with E-state index in [1.165, 1.54) is 12.5 Å². The standard InChI is InChI=1S/C8H16O4/c1-9-3-5-11-7-8-12-6-4-10-2/h7-8H,3-6H2,1-2H3. The zero-order valence-electron chi connectivity index (χ0n) is 7.62. The van der Waals surface area contributed by atoms with Crippen molar-refractivity contribution in [1.29, 1.82) is 0 Å². The molecule has 0 heterocycles. The fourth-order valence-electron chi connectivity index (χ4n) is 0.478. The number of ether oxygens (including phenoxy) is 4. The van der Waals surface area contributed by atoms with Crippen molar-refractivity contribution in [2.75, 3.05) is 40.6 Å². The summed E-state index contributed by atoms with van der Waals surface area (Å²) in [6, 6.07) is 0. The van der Waals surface area contributed by atoms with E-state index in [0.717, 1.165) is 0 Å². The molecule has 0 amide bonds. The second-order valence-electron chi connectivity index (χ2n) is 2.00. The molecule has 0 unspecified atom stereocenters. The third kappa shape index (κ3) is 9.26. The van der Waals surface area contributed by atoms with Crippen LogP contribution >= 0.6 is 0 Å². The van der Waals surface area contributed by atoms with Crippen LogP contribution in [0.15, 0.2) is 12.5 Å². The molecule has 12 heavy (non-hydrogen) atoms. The zero-order valence-corrected chi connectivity index (χ0v) is 7.62. The van der Waals surface area contributed by atoms with Crippen molar-refractivity contribution in [3.8, 4) is 0 Å². The second-order valence-corrected chi connectivity index (χ2v) is 2.00. The topological polar surface area (TPSA) is 36.9 Å². The van der Waals surface area contributed by atoms with Gasteiger partial charge in [0.1, 0.15) is 25.7 Å². The van der Waals surface area contributed by atoms with E-state index >= 15 is 0 Å². The van der Waals surface area contributed by atoms with Crippen LogP contribution in [0.25, 0.3) is 0 Å². The van der Waals surface area contributed by atoms with Crippen LogP contribution in [0.4, 0.5) is 0 Å². The quantitative estimate of drug-likeness (QED) is 0.404. The SMILES string of the molecule is COCCOC=COCCOC. The summed E-state index contributed by atoms with van der Waals surface area (Å²) in [5.41, 5.74) is 0. The van der Waals surface area contributed by atoms with Gasteiger partial charge in [-0.3, -0.25) is 0 Å².